The minimum absolute atomic E-state index is 0.0579. The number of nitrogens with one attached hydrogen (secondary N) is 2. The molecule has 0 radical (unpaired) electrons. The minimum atomic E-state index is -0.867. The number of rotatable bonds is 8. The van der Waals surface area contributed by atoms with E-state index in [0.29, 0.717) is 6.42 Å². The molecule has 1 rings (SSSR count). The Morgan fingerprint density at radius 2 is 2.41 bits per heavy atom. The van der Waals surface area contributed by atoms with E-state index in [1.54, 1.807) is 11.8 Å². The second kappa shape index (κ2) is 8.11. The standard InChI is InChI=1S/C10H18N2O3SSe/c1-16-6-4-7(9(13)14)12-17-10(15)8-3-2-5-11-8/h7-8,11-12H,2-6H2,1H3,(H,13,14). The van der Waals surface area contributed by atoms with Crippen LogP contribution in [0, 0.1) is 0 Å². The molecule has 2 unspecified atom stereocenters. The second-order valence-corrected chi connectivity index (χ2v) is 6.61. The first-order valence-corrected chi connectivity index (χ1v) is 8.67. The van der Waals surface area contributed by atoms with Crippen molar-refractivity contribution < 1.29 is 14.7 Å². The van der Waals surface area contributed by atoms with Gasteiger partial charge < -0.3 is 0 Å². The first-order chi connectivity index (χ1) is 8.15. The number of carboxylic acid groups (broad SMARTS) is 1. The molecule has 7 heteroatoms. The predicted octanol–water partition coefficient (Wildman–Crippen LogP) is -0.320. The van der Waals surface area contributed by atoms with E-state index in [9.17, 15) is 9.59 Å². The van der Waals surface area contributed by atoms with Crippen LogP contribution in [-0.2, 0) is 9.59 Å². The quantitative estimate of drug-likeness (QED) is 0.531. The van der Waals surface area contributed by atoms with Crippen molar-refractivity contribution in [3.05, 3.63) is 0 Å². The molecule has 98 valence electrons. The molecule has 0 amide bonds. The summed E-state index contributed by atoms with van der Waals surface area (Å²) >= 11 is 1.17. The molecule has 1 aliphatic rings. The van der Waals surface area contributed by atoms with Crippen molar-refractivity contribution in [2.45, 2.75) is 31.3 Å². The zero-order valence-corrected chi connectivity index (χ0v) is 12.3. The average molecular weight is 325 g/mol. The van der Waals surface area contributed by atoms with Crippen molar-refractivity contribution in [1.82, 2.24) is 9.65 Å². The zero-order chi connectivity index (χ0) is 12.7. The third-order valence-electron chi connectivity index (χ3n) is 2.56. The number of hydrogen-bond acceptors (Lipinski definition) is 5. The summed E-state index contributed by atoms with van der Waals surface area (Å²) in [6, 6.07) is -0.648. The predicted molar refractivity (Wildman–Crippen MR) is 69.3 cm³/mol. The van der Waals surface area contributed by atoms with Crippen LogP contribution >= 0.6 is 11.8 Å². The van der Waals surface area contributed by atoms with Crippen molar-refractivity contribution in [3.8, 4) is 0 Å². The van der Waals surface area contributed by atoms with Crippen LogP contribution in [0.15, 0.2) is 0 Å². The summed E-state index contributed by atoms with van der Waals surface area (Å²) in [6.45, 7) is 0.890. The molecule has 1 fully saturated rings. The molecule has 17 heavy (non-hydrogen) atoms. The first kappa shape index (κ1) is 15.0. The monoisotopic (exact) mass is 326 g/mol. The summed E-state index contributed by atoms with van der Waals surface area (Å²) < 4.78 is 3.02. The van der Waals surface area contributed by atoms with Gasteiger partial charge in [0.15, 0.2) is 0 Å². The topological polar surface area (TPSA) is 78.4 Å². The van der Waals surface area contributed by atoms with Crippen LogP contribution in [-0.4, -0.2) is 61.6 Å². The molecule has 5 nitrogen and oxygen atoms in total. The van der Waals surface area contributed by atoms with E-state index in [2.05, 4.69) is 9.65 Å². The van der Waals surface area contributed by atoms with E-state index >= 15 is 0 Å². The fraction of sp³-hybridized carbons (Fsp3) is 0.800. The molecule has 0 saturated carbocycles. The zero-order valence-electron chi connectivity index (χ0n) is 9.77. The average Bonchev–Trinajstić information content (AvgIpc) is 2.81. The van der Waals surface area contributed by atoms with Crippen LogP contribution in [0.4, 0.5) is 0 Å². The fourth-order valence-electron chi connectivity index (χ4n) is 1.55. The molecule has 3 N–H and O–H groups in total. The van der Waals surface area contributed by atoms with Crippen LogP contribution in [0.5, 0.6) is 0 Å². The third-order valence-corrected chi connectivity index (χ3v) is 5.06. The van der Waals surface area contributed by atoms with Crippen molar-refractivity contribution in [2.75, 3.05) is 18.6 Å². The Balaban J connectivity index is 2.29. The molecular formula is C10H18N2O3SSe. The van der Waals surface area contributed by atoms with Gasteiger partial charge in [0, 0.05) is 0 Å². The molecule has 2 atom stereocenters. The fourth-order valence-corrected chi connectivity index (χ4v) is 3.75. The Morgan fingerprint density at radius 3 is 2.94 bits per heavy atom. The summed E-state index contributed by atoms with van der Waals surface area (Å²) in [5, 5.41) is 12.1. The number of thioether (sulfide) groups is 1. The van der Waals surface area contributed by atoms with Gasteiger partial charge in [-0.3, -0.25) is 0 Å². The molecule has 1 aliphatic heterocycles. The Morgan fingerprint density at radius 1 is 1.65 bits per heavy atom. The van der Waals surface area contributed by atoms with Gasteiger partial charge >= 0.3 is 112 Å². The molecule has 1 saturated heterocycles. The number of aliphatic carboxylic acids is 1. The van der Waals surface area contributed by atoms with Gasteiger partial charge in [0.25, 0.3) is 0 Å². The molecular weight excluding hydrogens is 307 g/mol. The summed E-state index contributed by atoms with van der Waals surface area (Å²) in [4.78, 5) is 22.7. The van der Waals surface area contributed by atoms with Gasteiger partial charge in [-0.05, 0) is 0 Å². The summed E-state index contributed by atoms with van der Waals surface area (Å²) in [6.07, 6.45) is 4.41. The Labute approximate surface area is 112 Å². The Bertz CT molecular complexity index is 272. The summed E-state index contributed by atoms with van der Waals surface area (Å²) in [5.41, 5.74) is 0. The van der Waals surface area contributed by atoms with Gasteiger partial charge in [0.1, 0.15) is 0 Å². The van der Waals surface area contributed by atoms with E-state index in [4.69, 9.17) is 5.11 Å². The van der Waals surface area contributed by atoms with E-state index in [0.717, 1.165) is 25.1 Å². The van der Waals surface area contributed by atoms with Gasteiger partial charge in [-0.15, -0.1) is 0 Å². The SMILES string of the molecule is CSCCC(N[Se]C(=O)C1CCCN1)C(=O)O. The van der Waals surface area contributed by atoms with E-state index in [1.807, 2.05) is 6.26 Å². The number of carboxylic acids is 1. The maximum absolute atomic E-state index is 11.8. The molecule has 0 aromatic carbocycles. The van der Waals surface area contributed by atoms with E-state index in [-0.39, 0.29) is 10.7 Å². The van der Waals surface area contributed by atoms with Gasteiger partial charge in [0.2, 0.25) is 0 Å². The summed E-state index contributed by atoms with van der Waals surface area (Å²) in [5.74, 6) is -0.0799. The Hall–Kier alpha value is -0.0705. The van der Waals surface area contributed by atoms with Crippen LogP contribution in [0.1, 0.15) is 19.3 Å². The molecule has 0 aliphatic carbocycles. The van der Waals surface area contributed by atoms with Crippen molar-refractivity contribution in [1.29, 1.82) is 0 Å². The van der Waals surface area contributed by atoms with E-state index in [1.165, 1.54) is 0 Å². The van der Waals surface area contributed by atoms with Gasteiger partial charge in [-0.2, -0.15) is 0 Å². The molecule has 0 spiro atoms. The summed E-state index contributed by atoms with van der Waals surface area (Å²) in [7, 11) is 0. The van der Waals surface area contributed by atoms with Gasteiger partial charge in [-0.1, -0.05) is 0 Å². The van der Waals surface area contributed by atoms with Gasteiger partial charge in [0.05, 0.1) is 0 Å². The normalized spacial score (nSPS) is 21.4. The van der Waals surface area contributed by atoms with E-state index < -0.39 is 27.2 Å². The van der Waals surface area contributed by atoms with Crippen LogP contribution in [0.25, 0.3) is 0 Å². The molecule has 0 bridgehead atoms. The van der Waals surface area contributed by atoms with Crippen LogP contribution < -0.4 is 9.65 Å². The third kappa shape index (κ3) is 5.40. The molecule has 1 heterocycles. The number of carbonyl (C=O) groups is 2. The molecule has 0 aromatic heterocycles. The molecule has 0 aromatic rings. The maximum atomic E-state index is 11.8. The van der Waals surface area contributed by atoms with Gasteiger partial charge in [-0.25, -0.2) is 0 Å². The first-order valence-electron chi connectivity index (χ1n) is 5.56. The Kier molecular flexibility index (Phi) is 7.15. The number of carbonyl (C=O) groups excluding carboxylic acids is 1. The van der Waals surface area contributed by atoms with Crippen LogP contribution in [0.2, 0.25) is 0 Å². The van der Waals surface area contributed by atoms with Crippen LogP contribution in [0.3, 0.4) is 0 Å². The van der Waals surface area contributed by atoms with Crippen molar-refractivity contribution in [3.63, 3.8) is 0 Å². The van der Waals surface area contributed by atoms with Crippen molar-refractivity contribution in [2.24, 2.45) is 0 Å². The number of hydrogen-bond donors (Lipinski definition) is 3. The van der Waals surface area contributed by atoms with Crippen molar-refractivity contribution >= 4 is 37.6 Å². The second-order valence-electron chi connectivity index (χ2n) is 3.86.